The number of rotatable bonds is 9. The monoisotopic (exact) mass is 324 g/mol. The molecule has 1 atom stereocenters. The van der Waals surface area contributed by atoms with Gasteiger partial charge in [-0.15, -0.1) is 0 Å². The van der Waals surface area contributed by atoms with Gasteiger partial charge in [-0.1, -0.05) is 6.92 Å². The highest BCUT2D eigenvalue weighted by Crippen LogP contribution is 2.14. The molecule has 0 saturated carbocycles. The third-order valence-electron chi connectivity index (χ3n) is 4.44. The van der Waals surface area contributed by atoms with Gasteiger partial charge in [-0.3, -0.25) is 4.90 Å². The van der Waals surface area contributed by atoms with E-state index in [9.17, 15) is 4.39 Å². The summed E-state index contributed by atoms with van der Waals surface area (Å²) < 4.78 is 23.7. The van der Waals surface area contributed by atoms with E-state index in [-0.39, 0.29) is 5.82 Å². The fourth-order valence-electron chi connectivity index (χ4n) is 3.06. The quantitative estimate of drug-likeness (QED) is 0.652. The van der Waals surface area contributed by atoms with Crippen molar-refractivity contribution < 1.29 is 13.9 Å². The zero-order valence-corrected chi connectivity index (χ0v) is 14.3. The zero-order chi connectivity index (χ0) is 16.5. The van der Waals surface area contributed by atoms with E-state index in [0.717, 1.165) is 51.5 Å². The van der Waals surface area contributed by atoms with Crippen molar-refractivity contribution in [3.63, 3.8) is 0 Å². The van der Waals surface area contributed by atoms with E-state index in [1.807, 2.05) is 0 Å². The molecule has 0 aromatic heterocycles. The van der Waals surface area contributed by atoms with Gasteiger partial charge in [0.25, 0.3) is 0 Å². The Kier molecular flexibility index (Phi) is 7.79. The number of benzene rings is 1. The van der Waals surface area contributed by atoms with E-state index in [2.05, 4.69) is 16.7 Å². The van der Waals surface area contributed by atoms with E-state index >= 15 is 0 Å². The summed E-state index contributed by atoms with van der Waals surface area (Å²) in [5, 5.41) is 0. The SMILES string of the molecule is CCC1CN(CCCOc2ccc(F)cc2)CCN1CCOC. The van der Waals surface area contributed by atoms with Crippen molar-refractivity contribution >= 4 is 0 Å². The second-order valence-electron chi connectivity index (χ2n) is 6.05. The molecule has 0 N–H and O–H groups in total. The standard InChI is InChI=1S/C18H29FN2O2/c1-3-17-15-20(10-11-21(17)12-14-22-2)9-4-13-23-18-7-5-16(19)6-8-18/h5-8,17H,3-4,9-15H2,1-2H3. The summed E-state index contributed by atoms with van der Waals surface area (Å²) in [6, 6.07) is 6.84. The minimum Gasteiger partial charge on any atom is -0.494 e. The van der Waals surface area contributed by atoms with Gasteiger partial charge in [0.05, 0.1) is 13.2 Å². The number of methoxy groups -OCH3 is 1. The molecule has 0 amide bonds. The number of hydrogen-bond acceptors (Lipinski definition) is 4. The average molecular weight is 324 g/mol. The molecule has 4 nitrogen and oxygen atoms in total. The van der Waals surface area contributed by atoms with Crippen LogP contribution in [0.4, 0.5) is 4.39 Å². The fraction of sp³-hybridized carbons (Fsp3) is 0.667. The lowest BCUT2D eigenvalue weighted by molar-refractivity contribution is 0.0478. The zero-order valence-electron chi connectivity index (χ0n) is 14.3. The van der Waals surface area contributed by atoms with Gasteiger partial charge in [0, 0.05) is 45.9 Å². The Hall–Kier alpha value is -1.17. The lowest BCUT2D eigenvalue weighted by Gasteiger charge is -2.41. The summed E-state index contributed by atoms with van der Waals surface area (Å²) in [5.41, 5.74) is 0. The molecular formula is C18H29FN2O2. The Labute approximate surface area is 139 Å². The van der Waals surface area contributed by atoms with Crippen LogP contribution >= 0.6 is 0 Å². The van der Waals surface area contributed by atoms with Crippen LogP contribution in [-0.4, -0.2) is 68.9 Å². The summed E-state index contributed by atoms with van der Waals surface area (Å²) in [5.74, 6) is 0.511. The van der Waals surface area contributed by atoms with Crippen molar-refractivity contribution in [1.82, 2.24) is 9.80 Å². The normalized spacial score (nSPS) is 19.9. The summed E-state index contributed by atoms with van der Waals surface area (Å²) in [7, 11) is 1.76. The highest BCUT2D eigenvalue weighted by molar-refractivity contribution is 5.21. The second-order valence-corrected chi connectivity index (χ2v) is 6.05. The summed E-state index contributed by atoms with van der Waals surface area (Å²) in [4.78, 5) is 5.06. The molecule has 130 valence electrons. The molecule has 0 aliphatic carbocycles. The summed E-state index contributed by atoms with van der Waals surface area (Å²) in [6.07, 6.45) is 2.16. The number of hydrogen-bond donors (Lipinski definition) is 0. The van der Waals surface area contributed by atoms with E-state index in [1.165, 1.54) is 18.6 Å². The molecule has 1 aliphatic rings. The van der Waals surface area contributed by atoms with Gasteiger partial charge >= 0.3 is 0 Å². The maximum atomic E-state index is 12.8. The minimum absolute atomic E-state index is 0.227. The van der Waals surface area contributed by atoms with Crippen molar-refractivity contribution in [2.24, 2.45) is 0 Å². The highest BCUT2D eigenvalue weighted by atomic mass is 19.1. The first kappa shape index (κ1) is 18.2. The van der Waals surface area contributed by atoms with Gasteiger partial charge < -0.3 is 14.4 Å². The van der Waals surface area contributed by atoms with Gasteiger partial charge in [-0.05, 0) is 37.1 Å². The Bertz CT molecular complexity index is 441. The van der Waals surface area contributed by atoms with Crippen LogP contribution in [0.1, 0.15) is 19.8 Å². The average Bonchev–Trinajstić information content (AvgIpc) is 2.58. The van der Waals surface area contributed by atoms with Crippen molar-refractivity contribution in [2.75, 3.05) is 53.0 Å². The van der Waals surface area contributed by atoms with Crippen molar-refractivity contribution in [3.05, 3.63) is 30.1 Å². The maximum Gasteiger partial charge on any atom is 0.123 e. The van der Waals surface area contributed by atoms with Crippen molar-refractivity contribution in [2.45, 2.75) is 25.8 Å². The molecule has 1 aromatic carbocycles. The number of nitrogens with zero attached hydrogens (tertiary/aromatic N) is 2. The molecule has 1 saturated heterocycles. The molecule has 1 aliphatic heterocycles. The van der Waals surface area contributed by atoms with E-state index in [4.69, 9.17) is 9.47 Å². The number of halogens is 1. The molecule has 1 aromatic rings. The van der Waals surface area contributed by atoms with Gasteiger partial charge in [0.1, 0.15) is 11.6 Å². The third-order valence-corrected chi connectivity index (χ3v) is 4.44. The van der Waals surface area contributed by atoms with Crippen LogP contribution in [0.3, 0.4) is 0 Å². The molecule has 1 fully saturated rings. The molecule has 2 rings (SSSR count). The molecule has 0 spiro atoms. The van der Waals surface area contributed by atoms with E-state index in [1.54, 1.807) is 19.2 Å². The molecule has 1 unspecified atom stereocenters. The second kappa shape index (κ2) is 9.85. The molecular weight excluding hydrogens is 295 g/mol. The number of ether oxygens (including phenoxy) is 2. The van der Waals surface area contributed by atoms with Crippen molar-refractivity contribution in [1.29, 1.82) is 0 Å². The van der Waals surface area contributed by atoms with Gasteiger partial charge in [0.15, 0.2) is 0 Å². The molecule has 1 heterocycles. The molecule has 5 heteroatoms. The van der Waals surface area contributed by atoms with Gasteiger partial charge in [-0.2, -0.15) is 0 Å². The lowest BCUT2D eigenvalue weighted by Crippen LogP contribution is -2.53. The van der Waals surface area contributed by atoms with E-state index in [0.29, 0.717) is 12.6 Å². The van der Waals surface area contributed by atoms with Crippen LogP contribution in [0, 0.1) is 5.82 Å². The summed E-state index contributed by atoms with van der Waals surface area (Å²) in [6.45, 7) is 9.15. The van der Waals surface area contributed by atoms with E-state index < -0.39 is 0 Å². The minimum atomic E-state index is -0.227. The molecule has 0 radical (unpaired) electrons. The largest absolute Gasteiger partial charge is 0.494 e. The Morgan fingerprint density at radius 1 is 1.13 bits per heavy atom. The van der Waals surface area contributed by atoms with Crippen LogP contribution in [0.15, 0.2) is 24.3 Å². The molecule has 0 bridgehead atoms. The third kappa shape index (κ3) is 6.09. The molecule has 23 heavy (non-hydrogen) atoms. The fourth-order valence-corrected chi connectivity index (χ4v) is 3.06. The first-order chi connectivity index (χ1) is 11.2. The topological polar surface area (TPSA) is 24.9 Å². The smallest absolute Gasteiger partial charge is 0.123 e. The van der Waals surface area contributed by atoms with Gasteiger partial charge in [0.2, 0.25) is 0 Å². The predicted molar refractivity (Wildman–Crippen MR) is 90.5 cm³/mol. The Morgan fingerprint density at radius 3 is 2.61 bits per heavy atom. The first-order valence-electron chi connectivity index (χ1n) is 8.56. The van der Waals surface area contributed by atoms with Gasteiger partial charge in [-0.25, -0.2) is 4.39 Å². The van der Waals surface area contributed by atoms with Crippen LogP contribution in [0.2, 0.25) is 0 Å². The maximum absolute atomic E-state index is 12.8. The van der Waals surface area contributed by atoms with Crippen LogP contribution < -0.4 is 4.74 Å². The predicted octanol–water partition coefficient (Wildman–Crippen LogP) is 2.64. The lowest BCUT2D eigenvalue weighted by atomic mass is 10.1. The number of piperazine rings is 1. The highest BCUT2D eigenvalue weighted by Gasteiger charge is 2.24. The first-order valence-corrected chi connectivity index (χ1v) is 8.56. The van der Waals surface area contributed by atoms with Crippen LogP contribution in [-0.2, 0) is 4.74 Å². The summed E-state index contributed by atoms with van der Waals surface area (Å²) >= 11 is 0. The van der Waals surface area contributed by atoms with Crippen molar-refractivity contribution in [3.8, 4) is 5.75 Å². The van der Waals surface area contributed by atoms with Crippen LogP contribution in [0.5, 0.6) is 5.75 Å². The Morgan fingerprint density at radius 2 is 1.91 bits per heavy atom. The van der Waals surface area contributed by atoms with Crippen LogP contribution in [0.25, 0.3) is 0 Å². The Balaban J connectivity index is 1.65.